The van der Waals surface area contributed by atoms with Crippen LogP contribution in [0.25, 0.3) is 0 Å². The standard InChI is InChI=1S/C14H9Cl2NO3/c15-11-6-3-9(7-12(11)16)14(19)20-10-4-1-8(2-5-10)13(17)18/h1-7H,(H2,17,18). The number of hydrogen-bond acceptors (Lipinski definition) is 3. The van der Waals surface area contributed by atoms with Gasteiger partial charge in [-0.2, -0.15) is 0 Å². The van der Waals surface area contributed by atoms with Gasteiger partial charge in [-0.15, -0.1) is 0 Å². The number of nitrogens with two attached hydrogens (primary N) is 1. The zero-order chi connectivity index (χ0) is 14.7. The summed E-state index contributed by atoms with van der Waals surface area (Å²) in [5.41, 5.74) is 5.72. The van der Waals surface area contributed by atoms with E-state index < -0.39 is 11.9 Å². The molecule has 1 amide bonds. The SMILES string of the molecule is NC(=O)c1ccc(OC(=O)c2ccc(Cl)c(Cl)c2)cc1. The number of benzene rings is 2. The van der Waals surface area contributed by atoms with Gasteiger partial charge in [-0.3, -0.25) is 4.79 Å². The summed E-state index contributed by atoms with van der Waals surface area (Å²) in [6, 6.07) is 10.3. The second-order valence-corrected chi connectivity index (χ2v) is 4.72. The third-order valence-electron chi connectivity index (χ3n) is 2.50. The summed E-state index contributed by atoms with van der Waals surface area (Å²) >= 11 is 11.6. The van der Waals surface area contributed by atoms with E-state index in [1.54, 1.807) is 0 Å². The summed E-state index contributed by atoms with van der Waals surface area (Å²) in [7, 11) is 0. The Kier molecular flexibility index (Phi) is 4.27. The molecule has 0 aliphatic carbocycles. The molecular weight excluding hydrogens is 301 g/mol. The molecule has 0 heterocycles. The number of primary amides is 1. The second-order valence-electron chi connectivity index (χ2n) is 3.91. The van der Waals surface area contributed by atoms with Gasteiger partial charge in [-0.25, -0.2) is 4.79 Å². The summed E-state index contributed by atoms with van der Waals surface area (Å²) in [5, 5.41) is 0.624. The van der Waals surface area contributed by atoms with Crippen LogP contribution in [0.5, 0.6) is 5.75 Å². The van der Waals surface area contributed by atoms with E-state index in [0.717, 1.165) is 0 Å². The lowest BCUT2D eigenvalue weighted by Gasteiger charge is -2.05. The first-order valence-corrected chi connectivity index (χ1v) is 6.30. The molecule has 20 heavy (non-hydrogen) atoms. The lowest BCUT2D eigenvalue weighted by Crippen LogP contribution is -2.11. The molecule has 102 valence electrons. The van der Waals surface area contributed by atoms with Crippen LogP contribution < -0.4 is 10.5 Å². The van der Waals surface area contributed by atoms with E-state index in [1.807, 2.05) is 0 Å². The predicted octanol–water partition coefficient (Wildman–Crippen LogP) is 3.31. The first-order valence-electron chi connectivity index (χ1n) is 5.54. The summed E-state index contributed by atoms with van der Waals surface area (Å²) < 4.78 is 5.14. The van der Waals surface area contributed by atoms with Crippen molar-refractivity contribution in [3.05, 3.63) is 63.6 Å². The molecule has 0 aliphatic heterocycles. The quantitative estimate of drug-likeness (QED) is 0.698. The molecule has 0 aromatic heterocycles. The van der Waals surface area contributed by atoms with Crippen molar-refractivity contribution < 1.29 is 14.3 Å². The molecular formula is C14H9Cl2NO3. The lowest BCUT2D eigenvalue weighted by molar-refractivity contribution is 0.0734. The van der Waals surface area contributed by atoms with Gasteiger partial charge in [0.25, 0.3) is 0 Å². The van der Waals surface area contributed by atoms with Crippen LogP contribution in [0.3, 0.4) is 0 Å². The van der Waals surface area contributed by atoms with Crippen LogP contribution in [0.1, 0.15) is 20.7 Å². The molecule has 2 rings (SSSR count). The molecule has 0 fully saturated rings. The van der Waals surface area contributed by atoms with Crippen LogP contribution in [-0.4, -0.2) is 11.9 Å². The van der Waals surface area contributed by atoms with E-state index in [0.29, 0.717) is 16.3 Å². The van der Waals surface area contributed by atoms with Gasteiger partial charge >= 0.3 is 5.97 Å². The molecule has 2 aromatic carbocycles. The molecule has 6 heteroatoms. The number of halogens is 2. The fourth-order valence-electron chi connectivity index (χ4n) is 1.48. The van der Waals surface area contributed by atoms with Gasteiger partial charge in [-0.05, 0) is 42.5 Å². The Morgan fingerprint density at radius 3 is 2.05 bits per heavy atom. The van der Waals surface area contributed by atoms with E-state index in [2.05, 4.69) is 0 Å². The van der Waals surface area contributed by atoms with Crippen molar-refractivity contribution in [3.8, 4) is 5.75 Å². The molecule has 0 bridgehead atoms. The highest BCUT2D eigenvalue weighted by Gasteiger charge is 2.11. The molecule has 0 aliphatic rings. The third kappa shape index (κ3) is 3.29. The normalized spacial score (nSPS) is 10.1. The maximum Gasteiger partial charge on any atom is 0.343 e. The molecule has 0 radical (unpaired) electrons. The van der Waals surface area contributed by atoms with Gasteiger partial charge in [0.1, 0.15) is 5.75 Å². The molecule has 0 unspecified atom stereocenters. The van der Waals surface area contributed by atoms with Gasteiger partial charge in [0.15, 0.2) is 0 Å². The van der Waals surface area contributed by atoms with Gasteiger partial charge in [0.2, 0.25) is 5.91 Å². The predicted molar refractivity (Wildman–Crippen MR) is 76.4 cm³/mol. The number of amides is 1. The van der Waals surface area contributed by atoms with Crippen LogP contribution in [-0.2, 0) is 0 Å². The van der Waals surface area contributed by atoms with Crippen LogP contribution in [0.15, 0.2) is 42.5 Å². The number of carbonyl (C=O) groups is 2. The van der Waals surface area contributed by atoms with E-state index >= 15 is 0 Å². The molecule has 2 aromatic rings. The third-order valence-corrected chi connectivity index (χ3v) is 3.24. The lowest BCUT2D eigenvalue weighted by atomic mass is 10.2. The van der Waals surface area contributed by atoms with E-state index in [9.17, 15) is 9.59 Å². The van der Waals surface area contributed by atoms with Gasteiger partial charge in [0.05, 0.1) is 15.6 Å². The van der Waals surface area contributed by atoms with Crippen LogP contribution >= 0.6 is 23.2 Å². The molecule has 0 saturated heterocycles. The summed E-state index contributed by atoms with van der Waals surface area (Å²) in [5.74, 6) is -0.825. The van der Waals surface area contributed by atoms with Crippen molar-refractivity contribution in [3.63, 3.8) is 0 Å². The number of ether oxygens (including phenoxy) is 1. The highest BCUT2D eigenvalue weighted by molar-refractivity contribution is 6.42. The monoisotopic (exact) mass is 309 g/mol. The minimum absolute atomic E-state index is 0.269. The van der Waals surface area contributed by atoms with E-state index in [4.69, 9.17) is 33.7 Å². The molecule has 0 saturated carbocycles. The number of esters is 1. The topological polar surface area (TPSA) is 69.4 Å². The van der Waals surface area contributed by atoms with Crippen molar-refractivity contribution in [2.75, 3.05) is 0 Å². The largest absolute Gasteiger partial charge is 0.423 e. The Morgan fingerprint density at radius 2 is 1.50 bits per heavy atom. The van der Waals surface area contributed by atoms with Gasteiger partial charge in [0, 0.05) is 5.56 Å². The number of carbonyl (C=O) groups excluding carboxylic acids is 2. The van der Waals surface area contributed by atoms with Crippen molar-refractivity contribution in [1.82, 2.24) is 0 Å². The Labute approximate surface area is 125 Å². The maximum atomic E-state index is 11.9. The molecule has 2 N–H and O–H groups in total. The Hall–Kier alpha value is -2.04. The Bertz CT molecular complexity index is 669. The fraction of sp³-hybridized carbons (Fsp3) is 0. The maximum absolute atomic E-state index is 11.9. The van der Waals surface area contributed by atoms with Crippen molar-refractivity contribution in [2.24, 2.45) is 5.73 Å². The van der Waals surface area contributed by atoms with Gasteiger partial charge < -0.3 is 10.5 Å². The zero-order valence-electron chi connectivity index (χ0n) is 10.1. The first-order chi connectivity index (χ1) is 9.47. The van der Waals surface area contributed by atoms with Gasteiger partial charge in [-0.1, -0.05) is 23.2 Å². The molecule has 4 nitrogen and oxygen atoms in total. The van der Waals surface area contributed by atoms with Crippen LogP contribution in [0, 0.1) is 0 Å². The summed E-state index contributed by atoms with van der Waals surface area (Å²) in [4.78, 5) is 22.8. The van der Waals surface area contributed by atoms with Crippen molar-refractivity contribution >= 4 is 35.1 Å². The smallest absolute Gasteiger partial charge is 0.343 e. The van der Waals surface area contributed by atoms with E-state index in [-0.39, 0.29) is 10.6 Å². The number of hydrogen-bond donors (Lipinski definition) is 1. The minimum atomic E-state index is -0.574. The summed E-state index contributed by atoms with van der Waals surface area (Å²) in [6.07, 6.45) is 0. The van der Waals surface area contributed by atoms with E-state index in [1.165, 1.54) is 42.5 Å². The highest BCUT2D eigenvalue weighted by atomic mass is 35.5. The second kappa shape index (κ2) is 5.94. The number of rotatable bonds is 3. The average Bonchev–Trinajstić information content (AvgIpc) is 2.42. The van der Waals surface area contributed by atoms with Crippen molar-refractivity contribution in [1.29, 1.82) is 0 Å². The highest BCUT2D eigenvalue weighted by Crippen LogP contribution is 2.23. The first kappa shape index (κ1) is 14.4. The summed E-state index contributed by atoms with van der Waals surface area (Å²) in [6.45, 7) is 0. The Morgan fingerprint density at radius 1 is 0.900 bits per heavy atom. The van der Waals surface area contributed by atoms with Crippen LogP contribution in [0.4, 0.5) is 0 Å². The van der Waals surface area contributed by atoms with Crippen molar-refractivity contribution in [2.45, 2.75) is 0 Å². The minimum Gasteiger partial charge on any atom is -0.423 e. The molecule has 0 atom stereocenters. The zero-order valence-corrected chi connectivity index (χ0v) is 11.6. The average molecular weight is 310 g/mol. The molecule has 0 spiro atoms. The van der Waals surface area contributed by atoms with Crippen LogP contribution in [0.2, 0.25) is 10.0 Å². The Balaban J connectivity index is 2.14. The fourth-order valence-corrected chi connectivity index (χ4v) is 1.77.